The Morgan fingerprint density at radius 3 is 2.83 bits per heavy atom. The molecule has 0 N–H and O–H groups in total. The van der Waals surface area contributed by atoms with Gasteiger partial charge in [-0.25, -0.2) is 9.78 Å². The summed E-state index contributed by atoms with van der Waals surface area (Å²) in [7, 11) is 2.14. The predicted octanol–water partition coefficient (Wildman–Crippen LogP) is 2.07. The second-order valence-corrected chi connectivity index (χ2v) is 4.75. The Kier molecular flexibility index (Phi) is 4.31. The molecule has 1 aromatic rings. The number of piperidine rings is 1. The van der Waals surface area contributed by atoms with Gasteiger partial charge in [0.1, 0.15) is 5.69 Å². The second kappa shape index (κ2) is 5.96. The van der Waals surface area contributed by atoms with Crippen LogP contribution < -0.4 is 0 Å². The number of aromatic nitrogens is 1. The van der Waals surface area contributed by atoms with Gasteiger partial charge >= 0.3 is 5.97 Å². The van der Waals surface area contributed by atoms with Crippen LogP contribution in [0.5, 0.6) is 0 Å². The molecule has 2 heterocycles. The van der Waals surface area contributed by atoms with Crippen molar-refractivity contribution in [1.29, 1.82) is 0 Å². The lowest BCUT2D eigenvalue weighted by atomic mass is 9.93. The fourth-order valence-electron chi connectivity index (χ4n) is 2.30. The molecule has 1 fully saturated rings. The van der Waals surface area contributed by atoms with Gasteiger partial charge in [0, 0.05) is 11.6 Å². The summed E-state index contributed by atoms with van der Waals surface area (Å²) < 4.78 is 4.98. The molecule has 4 nitrogen and oxygen atoms in total. The summed E-state index contributed by atoms with van der Waals surface area (Å²) in [4.78, 5) is 18.4. The largest absolute Gasteiger partial charge is 0.461 e. The second-order valence-electron chi connectivity index (χ2n) is 4.75. The van der Waals surface area contributed by atoms with Crippen LogP contribution >= 0.6 is 0 Å². The van der Waals surface area contributed by atoms with E-state index in [9.17, 15) is 4.79 Å². The van der Waals surface area contributed by atoms with Crippen LogP contribution in [0.15, 0.2) is 18.2 Å². The van der Waals surface area contributed by atoms with Crippen LogP contribution in [0, 0.1) is 0 Å². The van der Waals surface area contributed by atoms with Crippen molar-refractivity contribution in [3.8, 4) is 0 Å². The average Bonchev–Trinajstić information content (AvgIpc) is 2.40. The Bertz CT molecular complexity index is 412. The average molecular weight is 248 g/mol. The smallest absolute Gasteiger partial charge is 0.356 e. The number of pyridine rings is 1. The molecule has 98 valence electrons. The molecule has 1 aromatic heterocycles. The van der Waals surface area contributed by atoms with Gasteiger partial charge in [0.2, 0.25) is 0 Å². The summed E-state index contributed by atoms with van der Waals surface area (Å²) in [6, 6.07) is 5.63. The monoisotopic (exact) mass is 248 g/mol. The number of carbonyl (C=O) groups is 1. The zero-order chi connectivity index (χ0) is 13.0. The highest BCUT2D eigenvalue weighted by Crippen LogP contribution is 2.26. The predicted molar refractivity (Wildman–Crippen MR) is 69.7 cm³/mol. The molecule has 0 saturated carbocycles. The van der Waals surface area contributed by atoms with E-state index in [1.165, 1.54) is 0 Å². The zero-order valence-electron chi connectivity index (χ0n) is 11.1. The number of carbonyl (C=O) groups excluding carboxylic acids is 1. The highest BCUT2D eigenvalue weighted by atomic mass is 16.5. The van der Waals surface area contributed by atoms with E-state index in [2.05, 4.69) is 16.9 Å². The summed E-state index contributed by atoms with van der Waals surface area (Å²) in [5, 5.41) is 0. The van der Waals surface area contributed by atoms with Crippen molar-refractivity contribution < 1.29 is 9.53 Å². The van der Waals surface area contributed by atoms with Crippen molar-refractivity contribution in [2.45, 2.75) is 25.7 Å². The molecule has 1 aliphatic rings. The standard InChI is InChI=1S/C14H20N2O2/c1-3-18-14(17)13-6-4-5-12(15-13)11-7-9-16(2)10-8-11/h4-6,11H,3,7-10H2,1-2H3. The highest BCUT2D eigenvalue weighted by molar-refractivity contribution is 5.87. The lowest BCUT2D eigenvalue weighted by molar-refractivity contribution is 0.0519. The van der Waals surface area contributed by atoms with E-state index >= 15 is 0 Å². The minimum Gasteiger partial charge on any atom is -0.461 e. The van der Waals surface area contributed by atoms with Gasteiger partial charge in [0.15, 0.2) is 0 Å². The van der Waals surface area contributed by atoms with Crippen molar-refractivity contribution in [3.63, 3.8) is 0 Å². The van der Waals surface area contributed by atoms with Gasteiger partial charge in [-0.2, -0.15) is 0 Å². The SMILES string of the molecule is CCOC(=O)c1cccc(C2CCN(C)CC2)n1. The minimum absolute atomic E-state index is 0.327. The molecule has 0 unspecified atom stereocenters. The molecule has 0 aromatic carbocycles. The highest BCUT2D eigenvalue weighted by Gasteiger charge is 2.20. The first-order chi connectivity index (χ1) is 8.70. The topological polar surface area (TPSA) is 42.4 Å². The maximum absolute atomic E-state index is 11.6. The van der Waals surface area contributed by atoms with E-state index < -0.39 is 0 Å². The van der Waals surface area contributed by atoms with Crippen molar-refractivity contribution >= 4 is 5.97 Å². The first-order valence-electron chi connectivity index (χ1n) is 6.53. The van der Waals surface area contributed by atoms with Gasteiger partial charge in [-0.3, -0.25) is 0 Å². The summed E-state index contributed by atoms with van der Waals surface area (Å²) in [6.07, 6.45) is 2.21. The third-order valence-corrected chi connectivity index (χ3v) is 3.39. The quantitative estimate of drug-likeness (QED) is 0.768. The summed E-state index contributed by atoms with van der Waals surface area (Å²) in [5.41, 5.74) is 1.45. The van der Waals surface area contributed by atoms with E-state index in [0.717, 1.165) is 31.6 Å². The molecule has 0 spiro atoms. The maximum Gasteiger partial charge on any atom is 0.356 e. The molecule has 1 saturated heterocycles. The van der Waals surface area contributed by atoms with Gasteiger partial charge in [-0.1, -0.05) is 6.07 Å². The van der Waals surface area contributed by atoms with Crippen molar-refractivity contribution in [3.05, 3.63) is 29.6 Å². The molecule has 1 aliphatic heterocycles. The third kappa shape index (κ3) is 3.07. The molecule has 4 heteroatoms. The lowest BCUT2D eigenvalue weighted by Crippen LogP contribution is -2.29. The van der Waals surface area contributed by atoms with E-state index in [1.54, 1.807) is 13.0 Å². The van der Waals surface area contributed by atoms with Gasteiger partial charge in [0.25, 0.3) is 0 Å². The van der Waals surface area contributed by atoms with Gasteiger partial charge in [0.05, 0.1) is 6.61 Å². The number of ether oxygens (including phenoxy) is 1. The van der Waals surface area contributed by atoms with Gasteiger partial charge in [-0.15, -0.1) is 0 Å². The molecular weight excluding hydrogens is 228 g/mol. The number of hydrogen-bond acceptors (Lipinski definition) is 4. The van der Waals surface area contributed by atoms with Crippen LogP contribution in [0.3, 0.4) is 0 Å². The Labute approximate surface area is 108 Å². The van der Waals surface area contributed by atoms with Crippen LogP contribution in [0.25, 0.3) is 0 Å². The first-order valence-corrected chi connectivity index (χ1v) is 6.53. The van der Waals surface area contributed by atoms with E-state index in [-0.39, 0.29) is 5.97 Å². The van der Waals surface area contributed by atoms with Gasteiger partial charge < -0.3 is 9.64 Å². The van der Waals surface area contributed by atoms with E-state index in [0.29, 0.717) is 18.2 Å². The van der Waals surface area contributed by atoms with E-state index in [1.807, 2.05) is 12.1 Å². The van der Waals surface area contributed by atoms with Crippen LogP contribution in [0.1, 0.15) is 41.9 Å². The number of esters is 1. The summed E-state index contributed by atoms with van der Waals surface area (Å²) >= 11 is 0. The fraction of sp³-hybridized carbons (Fsp3) is 0.571. The summed E-state index contributed by atoms with van der Waals surface area (Å²) in [5.74, 6) is 0.142. The molecule has 0 amide bonds. The Morgan fingerprint density at radius 2 is 2.17 bits per heavy atom. The van der Waals surface area contributed by atoms with Gasteiger partial charge in [-0.05, 0) is 52.0 Å². The first kappa shape index (κ1) is 13.0. The number of nitrogens with zero attached hydrogens (tertiary/aromatic N) is 2. The molecule has 0 aliphatic carbocycles. The van der Waals surface area contributed by atoms with Crippen molar-refractivity contribution in [1.82, 2.24) is 9.88 Å². The normalized spacial score (nSPS) is 17.7. The van der Waals surface area contributed by atoms with Crippen LogP contribution in [0.2, 0.25) is 0 Å². The number of hydrogen-bond donors (Lipinski definition) is 0. The Balaban J connectivity index is 2.09. The van der Waals surface area contributed by atoms with Crippen LogP contribution in [-0.4, -0.2) is 42.6 Å². The summed E-state index contributed by atoms with van der Waals surface area (Å²) in [6.45, 7) is 4.38. The minimum atomic E-state index is -0.327. The van der Waals surface area contributed by atoms with Crippen molar-refractivity contribution in [2.75, 3.05) is 26.7 Å². The Morgan fingerprint density at radius 1 is 1.44 bits per heavy atom. The van der Waals surface area contributed by atoms with Crippen LogP contribution in [-0.2, 0) is 4.74 Å². The third-order valence-electron chi connectivity index (χ3n) is 3.39. The van der Waals surface area contributed by atoms with Crippen LogP contribution in [0.4, 0.5) is 0 Å². The molecular formula is C14H20N2O2. The molecule has 0 bridgehead atoms. The number of rotatable bonds is 3. The molecule has 2 rings (SSSR count). The molecule has 0 atom stereocenters. The zero-order valence-corrected chi connectivity index (χ0v) is 11.1. The fourth-order valence-corrected chi connectivity index (χ4v) is 2.30. The van der Waals surface area contributed by atoms with Crippen molar-refractivity contribution in [2.24, 2.45) is 0 Å². The molecule has 18 heavy (non-hydrogen) atoms. The molecule has 0 radical (unpaired) electrons. The number of likely N-dealkylation sites (tertiary alicyclic amines) is 1. The Hall–Kier alpha value is -1.42. The van der Waals surface area contributed by atoms with E-state index in [4.69, 9.17) is 4.74 Å². The maximum atomic E-state index is 11.6. The lowest BCUT2D eigenvalue weighted by Gasteiger charge is -2.28.